The Kier molecular flexibility index (Phi) is 11.0. The molecule has 1 saturated heterocycles. The van der Waals surface area contributed by atoms with Crippen LogP contribution in [0.2, 0.25) is 0 Å². The zero-order valence-electron chi connectivity index (χ0n) is 27.4. The van der Waals surface area contributed by atoms with E-state index in [-0.39, 0.29) is 49.4 Å². The van der Waals surface area contributed by atoms with E-state index in [0.717, 1.165) is 38.9 Å². The molecule has 0 aromatic heterocycles. The lowest BCUT2D eigenvalue weighted by molar-refractivity contribution is -0.148. The number of nitrogens with zero attached hydrogens (tertiary/aromatic N) is 2. The van der Waals surface area contributed by atoms with Crippen molar-refractivity contribution < 1.29 is 18.0 Å². The van der Waals surface area contributed by atoms with Gasteiger partial charge in [0, 0.05) is 31.7 Å². The van der Waals surface area contributed by atoms with Crippen molar-refractivity contribution in [3.05, 3.63) is 96.1 Å². The number of nitrogens with one attached hydrogen (secondary N) is 3. The van der Waals surface area contributed by atoms with E-state index in [1.165, 1.54) is 0 Å². The Balaban J connectivity index is 1.35. The lowest BCUT2D eigenvalue weighted by atomic mass is 9.96. The first-order valence-electron chi connectivity index (χ1n) is 16.2. The van der Waals surface area contributed by atoms with Gasteiger partial charge in [-0.3, -0.25) is 15.0 Å². The molecule has 0 spiro atoms. The quantitative estimate of drug-likeness (QED) is 0.0875. The number of carbonyl (C=O) groups excluding carboxylic acids is 2. The van der Waals surface area contributed by atoms with Crippen LogP contribution >= 0.6 is 0 Å². The number of rotatable bonds is 12. The molecule has 1 heterocycles. The number of piperazine rings is 1. The zero-order valence-corrected chi connectivity index (χ0v) is 28.2. The standard InChI is InChI=1S/C36H45N7O4S/c1-24-22-43(34(44)32(37)20-25-13-15-27-8-3-5-10-29(27)18-25)31(12-7-17-40-36(38)39)23-42(24)35(45)33(41-48(2,46)47)21-26-14-16-28-9-4-6-11-30(28)19-26/h3-6,8-11,13-16,18-19,24,31-33,41H,7,12,17,20-23,37H2,1-2H3,(H4,38,39,40)/t24?,31?,32-,33-/m1/s1. The van der Waals surface area contributed by atoms with E-state index in [1.54, 1.807) is 9.80 Å². The normalized spacial score (nSPS) is 18.1. The summed E-state index contributed by atoms with van der Waals surface area (Å²) in [5, 5.41) is 14.5. The average molecular weight is 672 g/mol. The largest absolute Gasteiger partial charge is 0.370 e. The number of sulfonamides is 1. The molecule has 4 aromatic rings. The molecule has 1 aliphatic heterocycles. The third-order valence-corrected chi connectivity index (χ3v) is 9.64. The highest BCUT2D eigenvalue weighted by Crippen LogP contribution is 2.24. The lowest BCUT2D eigenvalue weighted by Crippen LogP contribution is -2.65. The fourth-order valence-corrected chi connectivity index (χ4v) is 7.28. The van der Waals surface area contributed by atoms with Crippen LogP contribution in [0.3, 0.4) is 0 Å². The molecule has 12 heteroatoms. The maximum atomic E-state index is 14.2. The number of carbonyl (C=O) groups is 2. The Labute approximate surface area is 282 Å². The van der Waals surface area contributed by atoms with Crippen LogP contribution < -0.4 is 21.5 Å². The maximum absolute atomic E-state index is 14.2. The highest BCUT2D eigenvalue weighted by Gasteiger charge is 2.40. The van der Waals surface area contributed by atoms with Crippen molar-refractivity contribution in [2.24, 2.45) is 11.5 Å². The minimum Gasteiger partial charge on any atom is -0.370 e. The molecule has 1 fully saturated rings. The van der Waals surface area contributed by atoms with Gasteiger partial charge in [-0.25, -0.2) is 13.1 Å². The first-order valence-corrected chi connectivity index (χ1v) is 18.1. The molecule has 2 amide bonds. The van der Waals surface area contributed by atoms with Crippen LogP contribution in [-0.2, 0) is 32.5 Å². The monoisotopic (exact) mass is 671 g/mol. The van der Waals surface area contributed by atoms with E-state index in [4.69, 9.17) is 16.9 Å². The molecule has 2 unspecified atom stereocenters. The van der Waals surface area contributed by atoms with Crippen LogP contribution in [0.1, 0.15) is 30.9 Å². The second kappa shape index (κ2) is 15.1. The summed E-state index contributed by atoms with van der Waals surface area (Å²) in [7, 11) is -3.72. The molecule has 0 aliphatic carbocycles. The second-order valence-corrected chi connectivity index (χ2v) is 14.6. The molecule has 0 saturated carbocycles. The van der Waals surface area contributed by atoms with E-state index < -0.39 is 22.1 Å². The number of hydrogen-bond donors (Lipinski definition) is 5. The number of fused-ring (bicyclic) bond motifs is 2. The highest BCUT2D eigenvalue weighted by molar-refractivity contribution is 7.88. The molecule has 48 heavy (non-hydrogen) atoms. The van der Waals surface area contributed by atoms with E-state index in [9.17, 15) is 18.0 Å². The molecule has 7 N–H and O–H groups in total. The molecule has 0 radical (unpaired) electrons. The van der Waals surface area contributed by atoms with Crippen molar-refractivity contribution >= 4 is 49.3 Å². The number of guanidine groups is 1. The van der Waals surface area contributed by atoms with Gasteiger partial charge in [0.1, 0.15) is 6.04 Å². The van der Waals surface area contributed by atoms with Gasteiger partial charge >= 0.3 is 0 Å². The molecule has 1 aliphatic rings. The highest BCUT2D eigenvalue weighted by atomic mass is 32.2. The van der Waals surface area contributed by atoms with Crippen LogP contribution in [0.4, 0.5) is 0 Å². The summed E-state index contributed by atoms with van der Waals surface area (Å²) in [4.78, 5) is 31.6. The van der Waals surface area contributed by atoms with Gasteiger partial charge in [-0.1, -0.05) is 84.9 Å². The van der Waals surface area contributed by atoms with Crippen molar-refractivity contribution in [3.63, 3.8) is 0 Å². The van der Waals surface area contributed by atoms with Crippen LogP contribution in [0.5, 0.6) is 0 Å². The molecule has 5 rings (SSSR count). The van der Waals surface area contributed by atoms with Gasteiger partial charge in [0.15, 0.2) is 5.96 Å². The summed E-state index contributed by atoms with van der Waals surface area (Å²) in [6.07, 6.45) is 2.70. The van der Waals surface area contributed by atoms with Crippen molar-refractivity contribution in [1.29, 1.82) is 5.41 Å². The third-order valence-electron chi connectivity index (χ3n) is 8.93. The zero-order chi connectivity index (χ0) is 34.4. The van der Waals surface area contributed by atoms with Crippen LogP contribution in [0.25, 0.3) is 21.5 Å². The van der Waals surface area contributed by atoms with Crippen LogP contribution in [0, 0.1) is 5.41 Å². The second-order valence-electron chi connectivity index (χ2n) is 12.8. The number of amides is 2. The predicted molar refractivity (Wildman–Crippen MR) is 191 cm³/mol. The minimum absolute atomic E-state index is 0.141. The fraction of sp³-hybridized carbons (Fsp3) is 0.361. The van der Waals surface area contributed by atoms with E-state index in [2.05, 4.69) is 16.1 Å². The predicted octanol–water partition coefficient (Wildman–Crippen LogP) is 2.71. The number of benzene rings is 4. The van der Waals surface area contributed by atoms with Gasteiger partial charge in [-0.05, 0) is 65.3 Å². The van der Waals surface area contributed by atoms with E-state index in [0.29, 0.717) is 25.8 Å². The van der Waals surface area contributed by atoms with Gasteiger partial charge < -0.3 is 26.6 Å². The lowest BCUT2D eigenvalue weighted by Gasteiger charge is -2.47. The topological polar surface area (TPSA) is 175 Å². The molecule has 4 aromatic carbocycles. The molecule has 4 atom stereocenters. The minimum atomic E-state index is -3.72. The van der Waals surface area contributed by atoms with Gasteiger partial charge in [-0.2, -0.15) is 0 Å². The smallest absolute Gasteiger partial charge is 0.241 e. The Morgan fingerprint density at radius 3 is 1.98 bits per heavy atom. The summed E-state index contributed by atoms with van der Waals surface area (Å²) < 4.78 is 27.5. The molecule has 254 valence electrons. The Hall–Kier alpha value is -4.52. The molecular weight excluding hydrogens is 627 g/mol. The van der Waals surface area contributed by atoms with Crippen molar-refractivity contribution in [1.82, 2.24) is 19.8 Å². The molecule has 0 bridgehead atoms. The Morgan fingerprint density at radius 2 is 1.42 bits per heavy atom. The Bertz CT molecular complexity index is 1900. The summed E-state index contributed by atoms with van der Waals surface area (Å²) in [5.74, 6) is -0.688. The van der Waals surface area contributed by atoms with Crippen molar-refractivity contribution in [3.8, 4) is 0 Å². The number of hydrogen-bond acceptors (Lipinski definition) is 6. The Morgan fingerprint density at radius 1 is 0.854 bits per heavy atom. The SMILES string of the molecule is CC1CN(C(=O)[C@H](N)Cc2ccc3ccccc3c2)C(CCCNC(=N)N)CN1C(=O)[C@@H](Cc1ccc2ccccc2c1)NS(C)(=O)=O. The summed E-state index contributed by atoms with van der Waals surface area (Å²) in [5.41, 5.74) is 13.8. The van der Waals surface area contributed by atoms with E-state index in [1.807, 2.05) is 85.8 Å². The van der Waals surface area contributed by atoms with Crippen LogP contribution in [0.15, 0.2) is 84.9 Å². The van der Waals surface area contributed by atoms with Gasteiger partial charge in [0.25, 0.3) is 0 Å². The molecule has 11 nitrogen and oxygen atoms in total. The third kappa shape index (κ3) is 8.88. The molecular formula is C36H45N7O4S. The van der Waals surface area contributed by atoms with Crippen molar-refractivity contribution in [2.45, 2.75) is 56.8 Å². The van der Waals surface area contributed by atoms with Gasteiger partial charge in [-0.15, -0.1) is 0 Å². The van der Waals surface area contributed by atoms with Crippen LogP contribution in [-0.4, -0.2) is 86.0 Å². The van der Waals surface area contributed by atoms with Gasteiger partial charge in [0.05, 0.1) is 12.3 Å². The summed E-state index contributed by atoms with van der Waals surface area (Å²) >= 11 is 0. The first kappa shape index (κ1) is 34.8. The first-order chi connectivity index (χ1) is 22.9. The maximum Gasteiger partial charge on any atom is 0.241 e. The van der Waals surface area contributed by atoms with E-state index >= 15 is 0 Å². The summed E-state index contributed by atoms with van der Waals surface area (Å²) in [6, 6.07) is 25.2. The number of nitrogens with two attached hydrogens (primary N) is 2. The fourth-order valence-electron chi connectivity index (χ4n) is 6.58. The summed E-state index contributed by atoms with van der Waals surface area (Å²) in [6.45, 7) is 2.77. The average Bonchev–Trinajstić information content (AvgIpc) is 3.05. The van der Waals surface area contributed by atoms with Gasteiger partial charge in [0.2, 0.25) is 21.8 Å². The van der Waals surface area contributed by atoms with Crippen molar-refractivity contribution in [2.75, 3.05) is 25.9 Å².